The molecular weight excluding hydrogens is 589 g/mol. The van der Waals surface area contributed by atoms with Crippen LogP contribution >= 0.6 is 0 Å². The lowest BCUT2D eigenvalue weighted by atomic mass is 9.92. The highest BCUT2D eigenvalue weighted by Gasteiger charge is 2.06. The molecule has 0 heterocycles. The molecule has 0 nitrogen and oxygen atoms in total. The summed E-state index contributed by atoms with van der Waals surface area (Å²) in [5.74, 6) is 1.76. The van der Waals surface area contributed by atoms with Crippen molar-refractivity contribution in [2.24, 2.45) is 11.8 Å². The molecule has 2 aromatic rings. The van der Waals surface area contributed by atoms with Gasteiger partial charge in [0, 0.05) is 0 Å². The topological polar surface area (TPSA) is 0 Å². The van der Waals surface area contributed by atoms with Crippen molar-refractivity contribution in [3.8, 4) is 0 Å². The molecule has 282 valence electrons. The van der Waals surface area contributed by atoms with Crippen molar-refractivity contribution in [1.29, 1.82) is 0 Å². The maximum atomic E-state index is 4.30. The van der Waals surface area contributed by atoms with Crippen LogP contribution in [-0.4, -0.2) is 0 Å². The van der Waals surface area contributed by atoms with Crippen LogP contribution in [0.25, 0.3) is 0 Å². The smallest absolute Gasteiger partial charge is 0.0239 e. The van der Waals surface area contributed by atoms with Crippen LogP contribution in [0.15, 0.2) is 72.8 Å². The molecule has 2 aromatic carbocycles. The molecule has 2 unspecified atom stereocenters. The molecule has 49 heavy (non-hydrogen) atoms. The molecule has 0 spiro atoms. The van der Waals surface area contributed by atoms with Crippen LogP contribution in [0, 0.1) is 25.7 Å². The second kappa shape index (κ2) is 35.7. The van der Waals surface area contributed by atoms with Crippen molar-refractivity contribution in [3.05, 3.63) is 95.1 Å². The summed E-state index contributed by atoms with van der Waals surface area (Å²) in [6, 6.07) is 17.3. The van der Waals surface area contributed by atoms with E-state index < -0.39 is 0 Å². The predicted molar refractivity (Wildman–Crippen MR) is 228 cm³/mol. The summed E-state index contributed by atoms with van der Waals surface area (Å²) in [5.41, 5.74) is 8.52. The molecular formula is C49H86. The molecule has 0 bridgehead atoms. The SMILES string of the molecule is C=C(CC)CCc1ccccc1C.C=C(CCc1ccccc1C)CC(C)CCCCCCC.CCCCC(C)CC.CCCCCCC. The molecule has 0 amide bonds. The molecule has 0 saturated heterocycles. The van der Waals surface area contributed by atoms with E-state index >= 15 is 0 Å². The molecule has 2 rings (SSSR count). The van der Waals surface area contributed by atoms with E-state index in [9.17, 15) is 0 Å². The first-order chi connectivity index (χ1) is 23.6. The zero-order chi connectivity index (χ0) is 37.1. The first-order valence-corrected chi connectivity index (χ1v) is 21.0. The Morgan fingerprint density at radius 2 is 0.918 bits per heavy atom. The molecule has 0 radical (unpaired) electrons. The molecule has 0 aliphatic carbocycles. The Labute approximate surface area is 310 Å². The monoisotopic (exact) mass is 675 g/mol. The third-order valence-electron chi connectivity index (χ3n) is 9.91. The Morgan fingerprint density at radius 1 is 0.510 bits per heavy atom. The van der Waals surface area contributed by atoms with Crippen molar-refractivity contribution < 1.29 is 0 Å². The lowest BCUT2D eigenvalue weighted by molar-refractivity contribution is 0.478. The van der Waals surface area contributed by atoms with Crippen LogP contribution in [0.1, 0.15) is 200 Å². The van der Waals surface area contributed by atoms with E-state index in [1.165, 1.54) is 136 Å². The quantitative estimate of drug-likeness (QED) is 0.0813. The third kappa shape index (κ3) is 31.6. The predicted octanol–water partition coefficient (Wildman–Crippen LogP) is 17.0. The average molecular weight is 675 g/mol. The lowest BCUT2D eigenvalue weighted by Crippen LogP contribution is -1.99. The average Bonchev–Trinajstić information content (AvgIpc) is 3.10. The van der Waals surface area contributed by atoms with Crippen molar-refractivity contribution in [1.82, 2.24) is 0 Å². The van der Waals surface area contributed by atoms with E-state index in [0.29, 0.717) is 0 Å². The minimum atomic E-state index is 0.802. The van der Waals surface area contributed by atoms with Crippen LogP contribution in [0.5, 0.6) is 0 Å². The zero-order valence-electron chi connectivity index (χ0n) is 35.0. The molecule has 0 aliphatic rings. The third-order valence-corrected chi connectivity index (χ3v) is 9.91. The van der Waals surface area contributed by atoms with E-state index in [1.807, 2.05) is 0 Å². The number of rotatable bonds is 23. The highest BCUT2D eigenvalue weighted by atomic mass is 14.1. The standard InChI is InChI=1S/C21H34.C13H18.C8H18.C7H16/c1-5-6-7-8-9-12-18(2)17-19(3)15-16-21-14-11-10-13-20(21)4;1-4-11(2)9-10-13-8-6-5-7-12(13)3;1-4-6-7-8(3)5-2;1-3-5-7-6-4-2/h10-11,13-14,18H,3,5-9,12,15-17H2,1-2,4H3;5-8H,2,4,9-10H2,1,3H3;8H,4-7H2,1-3H3;3-7H2,1-2H3. The van der Waals surface area contributed by atoms with Crippen LogP contribution in [-0.2, 0) is 12.8 Å². The molecule has 0 N–H and O–H groups in total. The van der Waals surface area contributed by atoms with Crippen LogP contribution in [0.4, 0.5) is 0 Å². The zero-order valence-corrected chi connectivity index (χ0v) is 35.0. The van der Waals surface area contributed by atoms with E-state index in [2.05, 4.69) is 131 Å². The summed E-state index contributed by atoms with van der Waals surface area (Å²) >= 11 is 0. The van der Waals surface area contributed by atoms with Gasteiger partial charge in [-0.15, -0.1) is 0 Å². The van der Waals surface area contributed by atoms with Crippen LogP contribution < -0.4 is 0 Å². The summed E-state index contributed by atoms with van der Waals surface area (Å²) in [4.78, 5) is 0. The van der Waals surface area contributed by atoms with Crippen molar-refractivity contribution in [2.75, 3.05) is 0 Å². The van der Waals surface area contributed by atoms with Crippen molar-refractivity contribution >= 4 is 0 Å². The normalized spacial score (nSPS) is 11.6. The van der Waals surface area contributed by atoms with Gasteiger partial charge in [0.2, 0.25) is 0 Å². The maximum absolute atomic E-state index is 4.30. The Bertz CT molecular complexity index is 1010. The van der Waals surface area contributed by atoms with Crippen LogP contribution in [0.2, 0.25) is 0 Å². The number of allylic oxidation sites excluding steroid dienone is 2. The molecule has 0 aliphatic heterocycles. The fourth-order valence-electron chi connectivity index (χ4n) is 5.81. The van der Waals surface area contributed by atoms with Gasteiger partial charge in [0.1, 0.15) is 0 Å². The summed E-state index contributed by atoms with van der Waals surface area (Å²) in [5, 5.41) is 0. The van der Waals surface area contributed by atoms with Gasteiger partial charge >= 0.3 is 0 Å². The van der Waals surface area contributed by atoms with E-state index in [4.69, 9.17) is 0 Å². The van der Waals surface area contributed by atoms with Gasteiger partial charge in [0.25, 0.3) is 0 Å². The highest BCUT2D eigenvalue weighted by Crippen LogP contribution is 2.22. The number of hydrogen-bond donors (Lipinski definition) is 0. The van der Waals surface area contributed by atoms with Gasteiger partial charge in [0.15, 0.2) is 0 Å². The summed E-state index contributed by atoms with van der Waals surface area (Å²) in [7, 11) is 0. The molecule has 0 fully saturated rings. The maximum Gasteiger partial charge on any atom is -0.0239 e. The van der Waals surface area contributed by atoms with E-state index in [0.717, 1.165) is 43.9 Å². The number of aryl methyl sites for hydroxylation is 4. The van der Waals surface area contributed by atoms with Gasteiger partial charge in [0.05, 0.1) is 0 Å². The van der Waals surface area contributed by atoms with Gasteiger partial charge in [-0.1, -0.05) is 225 Å². The molecule has 2 atom stereocenters. The first kappa shape index (κ1) is 49.0. The second-order valence-electron chi connectivity index (χ2n) is 14.9. The largest absolute Gasteiger partial charge is 0.0999 e. The Morgan fingerprint density at radius 3 is 1.35 bits per heavy atom. The van der Waals surface area contributed by atoms with E-state index in [-0.39, 0.29) is 0 Å². The van der Waals surface area contributed by atoms with Gasteiger partial charge < -0.3 is 0 Å². The molecule has 0 heteroatoms. The van der Waals surface area contributed by atoms with E-state index in [1.54, 1.807) is 0 Å². The fraction of sp³-hybridized carbons (Fsp3) is 0.673. The summed E-state index contributed by atoms with van der Waals surface area (Å²) in [6.45, 7) is 30.9. The van der Waals surface area contributed by atoms with Crippen molar-refractivity contribution in [3.63, 3.8) is 0 Å². The number of hydrogen-bond acceptors (Lipinski definition) is 0. The first-order valence-electron chi connectivity index (χ1n) is 21.0. The van der Waals surface area contributed by atoms with Gasteiger partial charge in [-0.2, -0.15) is 0 Å². The summed E-state index contributed by atoms with van der Waals surface area (Å²) in [6.07, 6.45) is 27.7. The number of unbranched alkanes of at least 4 members (excludes halogenated alkanes) is 9. The van der Waals surface area contributed by atoms with Gasteiger partial charge in [-0.3, -0.25) is 0 Å². The minimum absolute atomic E-state index is 0.802. The Hall–Kier alpha value is -2.08. The van der Waals surface area contributed by atoms with Gasteiger partial charge in [-0.05, 0) is 86.5 Å². The summed E-state index contributed by atoms with van der Waals surface area (Å²) < 4.78 is 0. The Kier molecular flexibility index (Phi) is 35.8. The second-order valence-corrected chi connectivity index (χ2v) is 14.9. The van der Waals surface area contributed by atoms with Gasteiger partial charge in [-0.25, -0.2) is 0 Å². The Balaban J connectivity index is 0. The van der Waals surface area contributed by atoms with Crippen molar-refractivity contribution in [2.45, 2.75) is 204 Å². The fourth-order valence-corrected chi connectivity index (χ4v) is 5.81. The minimum Gasteiger partial charge on any atom is -0.0999 e. The van der Waals surface area contributed by atoms with Crippen LogP contribution in [0.3, 0.4) is 0 Å². The lowest BCUT2D eigenvalue weighted by Gasteiger charge is -2.14. The molecule has 0 aromatic heterocycles. The number of benzene rings is 2. The molecule has 0 saturated carbocycles. The highest BCUT2D eigenvalue weighted by molar-refractivity contribution is 5.27.